The highest BCUT2D eigenvalue weighted by Crippen LogP contribution is 2.22. The summed E-state index contributed by atoms with van der Waals surface area (Å²) in [6, 6.07) is 8.28. The number of benzene rings is 1. The summed E-state index contributed by atoms with van der Waals surface area (Å²) in [5, 5.41) is 0. The molecule has 0 radical (unpaired) electrons. The number of para-hydroxylation sites is 2. The van der Waals surface area contributed by atoms with E-state index in [0.29, 0.717) is 24.4 Å². The summed E-state index contributed by atoms with van der Waals surface area (Å²) in [5.41, 5.74) is 5.51. The van der Waals surface area contributed by atoms with Gasteiger partial charge >= 0.3 is 5.69 Å². The van der Waals surface area contributed by atoms with Crippen LogP contribution in [-0.4, -0.2) is 16.2 Å². The van der Waals surface area contributed by atoms with Gasteiger partial charge in [0.2, 0.25) is 0 Å². The maximum absolute atomic E-state index is 12.5. The molecule has 6 heteroatoms. The highest BCUT2D eigenvalue weighted by atomic mass is 16.5. The third kappa shape index (κ3) is 2.32. The van der Waals surface area contributed by atoms with Gasteiger partial charge < -0.3 is 10.5 Å². The van der Waals surface area contributed by atoms with E-state index in [9.17, 15) is 9.59 Å². The van der Waals surface area contributed by atoms with Crippen molar-refractivity contribution in [1.82, 2.24) is 9.13 Å². The topological polar surface area (TPSA) is 79.2 Å². The number of nitrogens with zero attached hydrogens (tertiary/aromatic N) is 2. The standard InChI is InChI=1S/C14H17N3O3/c1-3-8-16-13(18)9-12(15)17(14(16)19)10-6-4-5-7-11(10)20-2/h4-7,9H,3,8,15H2,1-2H3. The van der Waals surface area contributed by atoms with Crippen LogP contribution in [0.2, 0.25) is 0 Å². The molecule has 2 aromatic rings. The Morgan fingerprint density at radius 1 is 1.25 bits per heavy atom. The zero-order valence-corrected chi connectivity index (χ0v) is 11.5. The second-order valence-electron chi connectivity index (χ2n) is 4.35. The summed E-state index contributed by atoms with van der Waals surface area (Å²) in [5.74, 6) is 0.611. The molecule has 0 aliphatic carbocycles. The number of rotatable bonds is 4. The lowest BCUT2D eigenvalue weighted by Gasteiger charge is -2.14. The van der Waals surface area contributed by atoms with Gasteiger partial charge in [-0.05, 0) is 18.6 Å². The molecule has 2 N–H and O–H groups in total. The second-order valence-corrected chi connectivity index (χ2v) is 4.35. The van der Waals surface area contributed by atoms with Crippen LogP contribution in [-0.2, 0) is 6.54 Å². The molecule has 1 aromatic carbocycles. The van der Waals surface area contributed by atoms with Crippen molar-refractivity contribution < 1.29 is 4.74 Å². The molecular weight excluding hydrogens is 258 g/mol. The minimum absolute atomic E-state index is 0.0943. The van der Waals surface area contributed by atoms with E-state index in [1.165, 1.54) is 22.3 Å². The minimum Gasteiger partial charge on any atom is -0.495 e. The van der Waals surface area contributed by atoms with Gasteiger partial charge in [-0.1, -0.05) is 19.1 Å². The first-order chi connectivity index (χ1) is 9.60. The molecule has 20 heavy (non-hydrogen) atoms. The Labute approximate surface area is 116 Å². The normalized spacial score (nSPS) is 10.5. The third-order valence-corrected chi connectivity index (χ3v) is 2.99. The van der Waals surface area contributed by atoms with Crippen LogP contribution in [0.25, 0.3) is 5.69 Å². The van der Waals surface area contributed by atoms with E-state index >= 15 is 0 Å². The summed E-state index contributed by atoms with van der Waals surface area (Å²) >= 11 is 0. The average Bonchev–Trinajstić information content (AvgIpc) is 2.44. The van der Waals surface area contributed by atoms with Crippen LogP contribution in [0.15, 0.2) is 39.9 Å². The molecule has 1 aromatic heterocycles. The van der Waals surface area contributed by atoms with E-state index in [-0.39, 0.29) is 11.4 Å². The van der Waals surface area contributed by atoms with Gasteiger partial charge in [0.25, 0.3) is 5.56 Å². The van der Waals surface area contributed by atoms with E-state index in [1.54, 1.807) is 24.3 Å². The van der Waals surface area contributed by atoms with Crippen molar-refractivity contribution in [2.24, 2.45) is 0 Å². The lowest BCUT2D eigenvalue weighted by molar-refractivity contribution is 0.412. The van der Waals surface area contributed by atoms with Crippen LogP contribution in [0.4, 0.5) is 5.82 Å². The molecular formula is C14H17N3O3. The molecule has 0 spiro atoms. The van der Waals surface area contributed by atoms with Gasteiger partial charge in [0, 0.05) is 12.6 Å². The molecule has 0 amide bonds. The van der Waals surface area contributed by atoms with Gasteiger partial charge in [0.05, 0.1) is 12.8 Å². The largest absolute Gasteiger partial charge is 0.495 e. The Bertz CT molecular complexity index is 731. The van der Waals surface area contributed by atoms with E-state index < -0.39 is 5.69 Å². The fourth-order valence-electron chi connectivity index (χ4n) is 2.08. The fourth-order valence-corrected chi connectivity index (χ4v) is 2.08. The monoisotopic (exact) mass is 275 g/mol. The highest BCUT2D eigenvalue weighted by molar-refractivity contribution is 5.51. The first kappa shape index (κ1) is 13.9. The summed E-state index contributed by atoms with van der Waals surface area (Å²) in [4.78, 5) is 24.3. The molecule has 0 unspecified atom stereocenters. The maximum Gasteiger partial charge on any atom is 0.337 e. The molecule has 0 atom stereocenters. The molecule has 0 bridgehead atoms. The molecule has 0 saturated heterocycles. The van der Waals surface area contributed by atoms with Crippen LogP contribution in [0.3, 0.4) is 0 Å². The molecule has 106 valence electrons. The van der Waals surface area contributed by atoms with Crippen molar-refractivity contribution in [2.75, 3.05) is 12.8 Å². The Kier molecular flexibility index (Phi) is 3.93. The van der Waals surface area contributed by atoms with Crippen molar-refractivity contribution >= 4 is 5.82 Å². The van der Waals surface area contributed by atoms with E-state index in [0.717, 1.165) is 0 Å². The van der Waals surface area contributed by atoms with Crippen LogP contribution in [0.1, 0.15) is 13.3 Å². The number of methoxy groups -OCH3 is 1. The first-order valence-electron chi connectivity index (χ1n) is 6.36. The summed E-state index contributed by atoms with van der Waals surface area (Å²) in [7, 11) is 1.52. The van der Waals surface area contributed by atoms with Gasteiger partial charge in [0.1, 0.15) is 11.6 Å². The number of aromatic nitrogens is 2. The Morgan fingerprint density at radius 3 is 2.60 bits per heavy atom. The van der Waals surface area contributed by atoms with Gasteiger partial charge in [-0.15, -0.1) is 0 Å². The number of hydrogen-bond donors (Lipinski definition) is 1. The van der Waals surface area contributed by atoms with E-state index in [2.05, 4.69) is 0 Å². The smallest absolute Gasteiger partial charge is 0.337 e. The molecule has 6 nitrogen and oxygen atoms in total. The lowest BCUT2D eigenvalue weighted by atomic mass is 10.3. The minimum atomic E-state index is -0.457. The molecule has 1 heterocycles. The number of ether oxygens (including phenoxy) is 1. The number of hydrogen-bond acceptors (Lipinski definition) is 4. The van der Waals surface area contributed by atoms with Crippen LogP contribution < -0.4 is 21.7 Å². The first-order valence-corrected chi connectivity index (χ1v) is 6.36. The Morgan fingerprint density at radius 2 is 1.95 bits per heavy atom. The molecule has 0 aliphatic rings. The number of nitrogens with two attached hydrogens (primary N) is 1. The average molecular weight is 275 g/mol. The van der Waals surface area contributed by atoms with Crippen molar-refractivity contribution in [3.05, 3.63) is 51.2 Å². The van der Waals surface area contributed by atoms with Gasteiger partial charge in [0.15, 0.2) is 0 Å². The van der Waals surface area contributed by atoms with Crippen molar-refractivity contribution in [1.29, 1.82) is 0 Å². The third-order valence-electron chi connectivity index (χ3n) is 2.99. The summed E-state index contributed by atoms with van der Waals surface area (Å²) < 4.78 is 7.69. The SMILES string of the molecule is CCCn1c(=O)cc(N)n(-c2ccccc2OC)c1=O. The zero-order valence-electron chi connectivity index (χ0n) is 11.5. The summed E-state index contributed by atoms with van der Waals surface area (Å²) in [6.45, 7) is 2.25. The van der Waals surface area contributed by atoms with Crippen LogP contribution in [0, 0.1) is 0 Å². The van der Waals surface area contributed by atoms with Crippen molar-refractivity contribution in [2.45, 2.75) is 19.9 Å². The zero-order chi connectivity index (χ0) is 14.7. The van der Waals surface area contributed by atoms with Crippen molar-refractivity contribution in [3.63, 3.8) is 0 Å². The quantitative estimate of drug-likeness (QED) is 0.902. The Hall–Kier alpha value is -2.50. The predicted molar refractivity (Wildman–Crippen MR) is 77.6 cm³/mol. The predicted octanol–water partition coefficient (Wildman–Crippen LogP) is 1.000. The van der Waals surface area contributed by atoms with Gasteiger partial charge in [-0.3, -0.25) is 9.36 Å². The number of nitrogen functional groups attached to an aromatic ring is 1. The maximum atomic E-state index is 12.5. The van der Waals surface area contributed by atoms with Gasteiger partial charge in [-0.25, -0.2) is 9.36 Å². The molecule has 0 fully saturated rings. The molecule has 0 aliphatic heterocycles. The number of anilines is 1. The molecule has 0 saturated carbocycles. The van der Waals surface area contributed by atoms with E-state index in [4.69, 9.17) is 10.5 Å². The second kappa shape index (κ2) is 5.64. The van der Waals surface area contributed by atoms with Crippen molar-refractivity contribution in [3.8, 4) is 11.4 Å². The fraction of sp³-hybridized carbons (Fsp3) is 0.286. The molecule has 2 rings (SSSR count). The lowest BCUT2D eigenvalue weighted by Crippen LogP contribution is -2.39. The van der Waals surface area contributed by atoms with Gasteiger partial charge in [-0.2, -0.15) is 0 Å². The summed E-state index contributed by atoms with van der Waals surface area (Å²) in [6.07, 6.45) is 0.686. The van der Waals surface area contributed by atoms with Crippen LogP contribution >= 0.6 is 0 Å². The Balaban J connectivity index is 2.78. The van der Waals surface area contributed by atoms with Crippen LogP contribution in [0.5, 0.6) is 5.75 Å². The highest BCUT2D eigenvalue weighted by Gasteiger charge is 2.13. The van der Waals surface area contributed by atoms with E-state index in [1.807, 2.05) is 6.92 Å².